The Bertz CT molecular complexity index is 106. The number of hydrogen-bond donors (Lipinski definition) is 1. The van der Waals surface area contributed by atoms with Gasteiger partial charge in [0.25, 0.3) is 0 Å². The highest BCUT2D eigenvalue weighted by Gasteiger charge is 2.12. The first-order chi connectivity index (χ1) is 5.79. The lowest BCUT2D eigenvalue weighted by atomic mass is 10.1. The molecule has 12 heavy (non-hydrogen) atoms. The minimum absolute atomic E-state index is 0.840. The maximum Gasteiger partial charge on any atom is 0.00675 e. The third-order valence-corrected chi connectivity index (χ3v) is 2.57. The molecule has 1 atom stereocenters. The van der Waals surface area contributed by atoms with Crippen LogP contribution in [-0.4, -0.2) is 38.1 Å². The SMILES string of the molecule is CN(C)CCCCC1CCCN1. The van der Waals surface area contributed by atoms with Crippen molar-refractivity contribution in [2.24, 2.45) is 0 Å². The van der Waals surface area contributed by atoms with Gasteiger partial charge in [-0.05, 0) is 52.9 Å². The van der Waals surface area contributed by atoms with Crippen molar-refractivity contribution in [1.29, 1.82) is 0 Å². The summed E-state index contributed by atoms with van der Waals surface area (Å²) in [5.74, 6) is 0. The molecular formula is C10H22N2. The summed E-state index contributed by atoms with van der Waals surface area (Å²) < 4.78 is 0. The van der Waals surface area contributed by atoms with Gasteiger partial charge >= 0.3 is 0 Å². The van der Waals surface area contributed by atoms with Crippen LogP contribution in [0.15, 0.2) is 0 Å². The van der Waals surface area contributed by atoms with Crippen LogP contribution in [0.4, 0.5) is 0 Å². The monoisotopic (exact) mass is 170 g/mol. The second-order valence-electron chi connectivity index (χ2n) is 4.09. The summed E-state index contributed by atoms with van der Waals surface area (Å²) in [6, 6.07) is 0.840. The van der Waals surface area contributed by atoms with Gasteiger partial charge in [-0.1, -0.05) is 6.42 Å². The average molecular weight is 170 g/mol. The maximum absolute atomic E-state index is 3.53. The first kappa shape index (κ1) is 10.0. The molecule has 0 aromatic rings. The van der Waals surface area contributed by atoms with E-state index in [0.717, 1.165) is 6.04 Å². The summed E-state index contributed by atoms with van der Waals surface area (Å²) in [5.41, 5.74) is 0. The first-order valence-corrected chi connectivity index (χ1v) is 5.17. The Morgan fingerprint density at radius 3 is 2.75 bits per heavy atom. The molecule has 1 saturated heterocycles. The Balaban J connectivity index is 1.88. The van der Waals surface area contributed by atoms with Gasteiger partial charge in [0.05, 0.1) is 0 Å². The van der Waals surface area contributed by atoms with E-state index in [2.05, 4.69) is 24.3 Å². The standard InChI is InChI=1S/C10H22N2/c1-12(2)9-4-3-6-10-7-5-8-11-10/h10-11H,3-9H2,1-2H3. The number of nitrogens with zero attached hydrogens (tertiary/aromatic N) is 1. The first-order valence-electron chi connectivity index (χ1n) is 5.17. The zero-order valence-electron chi connectivity index (χ0n) is 8.47. The lowest BCUT2D eigenvalue weighted by Gasteiger charge is -2.11. The second-order valence-corrected chi connectivity index (χ2v) is 4.09. The van der Waals surface area contributed by atoms with E-state index in [9.17, 15) is 0 Å². The van der Waals surface area contributed by atoms with Gasteiger partial charge < -0.3 is 10.2 Å². The fourth-order valence-electron chi connectivity index (χ4n) is 1.82. The van der Waals surface area contributed by atoms with Crippen LogP contribution < -0.4 is 5.32 Å². The molecule has 0 saturated carbocycles. The van der Waals surface area contributed by atoms with Crippen molar-refractivity contribution in [3.63, 3.8) is 0 Å². The summed E-state index contributed by atoms with van der Waals surface area (Å²) in [6.45, 7) is 2.49. The van der Waals surface area contributed by atoms with Crippen molar-refractivity contribution in [2.75, 3.05) is 27.2 Å². The molecule has 1 aliphatic heterocycles. The van der Waals surface area contributed by atoms with Gasteiger partial charge in [0.2, 0.25) is 0 Å². The molecule has 1 aliphatic rings. The van der Waals surface area contributed by atoms with E-state index in [-0.39, 0.29) is 0 Å². The normalized spacial score (nSPS) is 23.8. The molecule has 0 aromatic carbocycles. The topological polar surface area (TPSA) is 15.3 Å². The van der Waals surface area contributed by atoms with E-state index in [1.165, 1.54) is 45.2 Å². The van der Waals surface area contributed by atoms with Gasteiger partial charge in [-0.25, -0.2) is 0 Å². The number of rotatable bonds is 5. The quantitative estimate of drug-likeness (QED) is 0.629. The Morgan fingerprint density at radius 2 is 2.17 bits per heavy atom. The van der Waals surface area contributed by atoms with Gasteiger partial charge in [0.1, 0.15) is 0 Å². The number of nitrogens with one attached hydrogen (secondary N) is 1. The summed E-state index contributed by atoms with van der Waals surface area (Å²) >= 11 is 0. The molecule has 0 radical (unpaired) electrons. The van der Waals surface area contributed by atoms with E-state index < -0.39 is 0 Å². The molecular weight excluding hydrogens is 148 g/mol. The molecule has 2 nitrogen and oxygen atoms in total. The largest absolute Gasteiger partial charge is 0.314 e. The lowest BCUT2D eigenvalue weighted by Crippen LogP contribution is -2.21. The minimum Gasteiger partial charge on any atom is -0.314 e. The molecule has 1 heterocycles. The predicted molar refractivity (Wildman–Crippen MR) is 53.4 cm³/mol. The van der Waals surface area contributed by atoms with Crippen LogP contribution in [0, 0.1) is 0 Å². The zero-order valence-corrected chi connectivity index (χ0v) is 8.47. The minimum atomic E-state index is 0.840. The van der Waals surface area contributed by atoms with Crippen molar-refractivity contribution in [1.82, 2.24) is 10.2 Å². The van der Waals surface area contributed by atoms with Crippen LogP contribution >= 0.6 is 0 Å². The third kappa shape index (κ3) is 4.07. The van der Waals surface area contributed by atoms with Gasteiger partial charge in [0.15, 0.2) is 0 Å². The second kappa shape index (κ2) is 5.55. The molecule has 72 valence electrons. The molecule has 0 spiro atoms. The molecule has 1 fully saturated rings. The van der Waals surface area contributed by atoms with Crippen molar-refractivity contribution in [3.05, 3.63) is 0 Å². The van der Waals surface area contributed by atoms with Gasteiger partial charge in [-0.2, -0.15) is 0 Å². The van der Waals surface area contributed by atoms with E-state index in [4.69, 9.17) is 0 Å². The van der Waals surface area contributed by atoms with Crippen molar-refractivity contribution >= 4 is 0 Å². The summed E-state index contributed by atoms with van der Waals surface area (Å²) in [7, 11) is 4.29. The fourth-order valence-corrected chi connectivity index (χ4v) is 1.82. The third-order valence-electron chi connectivity index (χ3n) is 2.57. The van der Waals surface area contributed by atoms with Crippen LogP contribution in [0.3, 0.4) is 0 Å². The van der Waals surface area contributed by atoms with Crippen LogP contribution in [0.25, 0.3) is 0 Å². The summed E-state index contributed by atoms with van der Waals surface area (Å²) in [4.78, 5) is 2.27. The van der Waals surface area contributed by atoms with Gasteiger partial charge in [0, 0.05) is 6.04 Å². The average Bonchev–Trinajstić information content (AvgIpc) is 2.49. The molecule has 2 heteroatoms. The van der Waals surface area contributed by atoms with Crippen LogP contribution in [-0.2, 0) is 0 Å². The van der Waals surface area contributed by atoms with Crippen LogP contribution in [0.5, 0.6) is 0 Å². The van der Waals surface area contributed by atoms with E-state index in [1.807, 2.05) is 0 Å². The van der Waals surface area contributed by atoms with Crippen molar-refractivity contribution < 1.29 is 0 Å². The molecule has 0 amide bonds. The highest BCUT2D eigenvalue weighted by Crippen LogP contribution is 2.11. The molecule has 1 unspecified atom stereocenters. The highest BCUT2D eigenvalue weighted by atomic mass is 15.0. The molecule has 0 aromatic heterocycles. The fraction of sp³-hybridized carbons (Fsp3) is 1.00. The van der Waals surface area contributed by atoms with Crippen LogP contribution in [0.1, 0.15) is 32.1 Å². The molecule has 1 N–H and O–H groups in total. The predicted octanol–water partition coefficient (Wildman–Crippen LogP) is 1.47. The Morgan fingerprint density at radius 1 is 1.33 bits per heavy atom. The Kier molecular flexibility index (Phi) is 4.62. The highest BCUT2D eigenvalue weighted by molar-refractivity contribution is 4.73. The van der Waals surface area contributed by atoms with Crippen molar-refractivity contribution in [3.8, 4) is 0 Å². The van der Waals surface area contributed by atoms with E-state index in [0.29, 0.717) is 0 Å². The molecule has 0 aliphatic carbocycles. The smallest absolute Gasteiger partial charge is 0.00675 e. The lowest BCUT2D eigenvalue weighted by molar-refractivity contribution is 0.384. The molecule has 1 rings (SSSR count). The van der Waals surface area contributed by atoms with Gasteiger partial charge in [-0.15, -0.1) is 0 Å². The van der Waals surface area contributed by atoms with E-state index >= 15 is 0 Å². The van der Waals surface area contributed by atoms with Crippen LogP contribution in [0.2, 0.25) is 0 Å². The van der Waals surface area contributed by atoms with Gasteiger partial charge in [-0.3, -0.25) is 0 Å². The number of hydrogen-bond acceptors (Lipinski definition) is 2. The Hall–Kier alpha value is -0.0800. The van der Waals surface area contributed by atoms with E-state index in [1.54, 1.807) is 0 Å². The molecule has 0 bridgehead atoms. The maximum atomic E-state index is 3.53. The zero-order chi connectivity index (χ0) is 8.81. The number of unbranched alkanes of at least 4 members (excludes halogenated alkanes) is 1. The summed E-state index contributed by atoms with van der Waals surface area (Å²) in [5, 5.41) is 3.53. The van der Waals surface area contributed by atoms with Crippen molar-refractivity contribution in [2.45, 2.75) is 38.1 Å². The summed E-state index contributed by atoms with van der Waals surface area (Å²) in [6.07, 6.45) is 6.91. The Labute approximate surface area is 76.3 Å².